The highest BCUT2D eigenvalue weighted by molar-refractivity contribution is 6.06. The van der Waals surface area contributed by atoms with Gasteiger partial charge >= 0.3 is 12.1 Å². The lowest BCUT2D eigenvalue weighted by Crippen LogP contribution is -2.34. The van der Waals surface area contributed by atoms with Crippen LogP contribution in [0.2, 0.25) is 0 Å². The zero-order valence-electron chi connectivity index (χ0n) is 53.9. The summed E-state index contributed by atoms with van der Waals surface area (Å²) >= 11 is 0. The third-order valence-electron chi connectivity index (χ3n) is 15.9. The van der Waals surface area contributed by atoms with Crippen LogP contribution in [-0.2, 0) is 65.7 Å². The quantitative estimate of drug-likeness (QED) is 0.0295. The lowest BCUT2D eigenvalue weighted by molar-refractivity contribution is -0.143. The number of ether oxygens (including phenoxy) is 1. The molecule has 0 radical (unpaired) electrons. The highest BCUT2D eigenvalue weighted by Crippen LogP contribution is 2.48. The first-order valence-corrected chi connectivity index (χ1v) is 31.0. The Morgan fingerprint density at radius 3 is 1.56 bits per heavy atom. The number of imidazole rings is 4. The van der Waals surface area contributed by atoms with Crippen LogP contribution in [0.4, 0.5) is 47.7 Å². The van der Waals surface area contributed by atoms with E-state index in [2.05, 4.69) is 73.1 Å². The van der Waals surface area contributed by atoms with Crippen LogP contribution >= 0.6 is 0 Å². The number of aryl methyl sites for hydroxylation is 5. The Morgan fingerprint density at radius 2 is 0.990 bits per heavy atom. The van der Waals surface area contributed by atoms with Crippen molar-refractivity contribution in [1.82, 2.24) is 73.2 Å². The van der Waals surface area contributed by atoms with Crippen molar-refractivity contribution in [1.29, 1.82) is 0 Å². The van der Waals surface area contributed by atoms with E-state index in [1.54, 1.807) is 47.4 Å². The van der Waals surface area contributed by atoms with Crippen LogP contribution in [0.15, 0.2) is 67.8 Å². The van der Waals surface area contributed by atoms with Gasteiger partial charge in [-0.2, -0.15) is 13.2 Å². The summed E-state index contributed by atoms with van der Waals surface area (Å²) in [4.78, 5) is 160. The molecule has 10 N–H and O–H groups in total. The van der Waals surface area contributed by atoms with Gasteiger partial charge in [0.05, 0.1) is 30.1 Å². The third kappa shape index (κ3) is 18.5. The first-order valence-electron chi connectivity index (χ1n) is 31.0. The van der Waals surface area contributed by atoms with Gasteiger partial charge in [-0.25, -0.2) is 19.9 Å². The number of nitrogens with zero attached hydrogens (tertiary/aromatic N) is 11. The van der Waals surface area contributed by atoms with Gasteiger partial charge in [0.15, 0.2) is 23.3 Å². The van der Waals surface area contributed by atoms with Gasteiger partial charge in [0.1, 0.15) is 23.6 Å². The molecule has 7 aromatic rings. The standard InChI is InChI=1S/C61H74F3N21O12/c1-7-97-48(89)15-20-68-57(94)51-77-44(32-82(51)5)78-55(92)40-23-35(27-80(40)3)70-45(86)13-19-67-56(93)50-75-43(31-81(50)4)74-47(88)26-60(16-17-60)33-69-54(91)41-25-37(29-85(41)38-11-9-8-10-12-38)72-59(96)52-76-42(30-83(52)6)73-46(87)14-18-66-53(90)39-24-36(28-79(39)2)71-58(95)49-65-21-22-84(49)34-61(62,63)64/h21-25,27-32,38H,7-20,26,33-34H2,1-6H3,(H,66,90)(H,67,93)(H,68,94)(H,69,91)(H,70,86)(H,71,95)(H,72,96)(H,73,87)(H,74,88)(H,78,92). The smallest absolute Gasteiger partial charge is 0.406 e. The molecular weight excluding hydrogens is 1280 g/mol. The van der Waals surface area contributed by atoms with Crippen molar-refractivity contribution in [2.24, 2.45) is 40.7 Å². The molecule has 0 aromatic carbocycles. The topological polar surface area (TPSA) is 403 Å². The SMILES string of the molecule is CCOC(=O)CCNC(=O)c1nc(NC(=O)c2cc(NC(=O)CCNC(=O)c3nc(NC(=O)CC4(CNC(=O)c5cc(NC(=O)c6nc(NC(=O)CCNC(=O)c7cc(NC(=O)c8nccn8CC(F)(F)F)cn7C)cn6C)cn5C5CCCCC5)CC4)cn3C)cn2C)cn1C. The summed E-state index contributed by atoms with van der Waals surface area (Å²) in [5.41, 5.74) is 0.699. The number of anilines is 6. The predicted octanol–water partition coefficient (Wildman–Crippen LogP) is 4.13. The van der Waals surface area contributed by atoms with Crippen molar-refractivity contribution < 1.29 is 70.6 Å². The second-order valence-electron chi connectivity index (χ2n) is 23.6. The van der Waals surface area contributed by atoms with Crippen molar-refractivity contribution in [3.05, 3.63) is 108 Å². The number of alkyl halides is 3. The Kier molecular flexibility index (Phi) is 21.9. The highest BCUT2D eigenvalue weighted by atomic mass is 19.4. The van der Waals surface area contributed by atoms with Crippen molar-refractivity contribution in [3.63, 3.8) is 0 Å². The van der Waals surface area contributed by atoms with Crippen molar-refractivity contribution in [2.45, 2.75) is 96.3 Å². The first-order chi connectivity index (χ1) is 46.1. The molecule has 0 atom stereocenters. The number of amides is 10. The first kappa shape index (κ1) is 70.0. The molecule has 7 aromatic heterocycles. The summed E-state index contributed by atoms with van der Waals surface area (Å²) in [5.74, 6) is -6.59. The molecule has 516 valence electrons. The molecule has 2 fully saturated rings. The molecular formula is C61H74F3N21O12. The molecule has 0 saturated heterocycles. The molecule has 2 aliphatic carbocycles. The van der Waals surface area contributed by atoms with Crippen molar-refractivity contribution >= 4 is 99.6 Å². The molecule has 10 amide bonds. The number of esters is 1. The zero-order valence-corrected chi connectivity index (χ0v) is 53.9. The van der Waals surface area contributed by atoms with E-state index in [4.69, 9.17) is 4.74 Å². The molecule has 2 aliphatic rings. The molecule has 0 spiro atoms. The van der Waals surface area contributed by atoms with Crippen LogP contribution in [0.1, 0.15) is 158 Å². The van der Waals surface area contributed by atoms with Gasteiger partial charge in [-0.3, -0.25) is 52.7 Å². The van der Waals surface area contributed by atoms with E-state index in [0.717, 1.165) is 44.5 Å². The van der Waals surface area contributed by atoms with Crippen LogP contribution in [0.5, 0.6) is 0 Å². The summed E-state index contributed by atoms with van der Waals surface area (Å²) < 4.78 is 53.4. The lowest BCUT2D eigenvalue weighted by Gasteiger charge is -2.25. The summed E-state index contributed by atoms with van der Waals surface area (Å²) in [5, 5.41) is 26.8. The molecule has 7 heterocycles. The Hall–Kier alpha value is -11.4. The number of aromatic nitrogens is 11. The number of carbonyl (C=O) groups excluding carboxylic acids is 11. The molecule has 0 bridgehead atoms. The van der Waals surface area contributed by atoms with Gasteiger partial charge in [-0.15, -0.1) is 0 Å². The van der Waals surface area contributed by atoms with E-state index in [1.165, 1.54) is 73.0 Å². The normalized spacial score (nSPS) is 13.4. The van der Waals surface area contributed by atoms with Gasteiger partial charge in [-0.1, -0.05) is 19.3 Å². The maximum Gasteiger partial charge on any atom is 0.406 e. The second-order valence-corrected chi connectivity index (χ2v) is 23.6. The van der Waals surface area contributed by atoms with Crippen LogP contribution < -0.4 is 53.2 Å². The molecule has 0 unspecified atom stereocenters. The molecule has 33 nitrogen and oxygen atoms in total. The Balaban J connectivity index is 0.703. The minimum Gasteiger partial charge on any atom is -0.466 e. The van der Waals surface area contributed by atoms with E-state index < -0.39 is 89.0 Å². The monoisotopic (exact) mass is 1350 g/mol. The van der Waals surface area contributed by atoms with Crippen LogP contribution in [0.3, 0.4) is 0 Å². The average Bonchev–Trinajstić information content (AvgIpc) is 1.64. The molecule has 9 rings (SSSR count). The Labute approximate surface area is 551 Å². The number of carbonyl (C=O) groups is 11. The van der Waals surface area contributed by atoms with Gasteiger partial charge < -0.3 is 89.9 Å². The molecule has 97 heavy (non-hydrogen) atoms. The largest absolute Gasteiger partial charge is 0.466 e. The Morgan fingerprint density at radius 1 is 0.515 bits per heavy atom. The van der Waals surface area contributed by atoms with E-state index >= 15 is 0 Å². The van der Waals surface area contributed by atoms with Crippen molar-refractivity contribution in [3.8, 4) is 0 Å². The summed E-state index contributed by atoms with van der Waals surface area (Å²) in [6, 6.07) is 4.29. The van der Waals surface area contributed by atoms with Crippen LogP contribution in [0, 0.1) is 5.41 Å². The predicted molar refractivity (Wildman–Crippen MR) is 341 cm³/mol. The van der Waals surface area contributed by atoms with E-state index in [-0.39, 0.29) is 117 Å². The second kappa shape index (κ2) is 30.4. The fourth-order valence-electron chi connectivity index (χ4n) is 11.0. The molecule has 0 aliphatic heterocycles. The fourth-order valence-corrected chi connectivity index (χ4v) is 11.0. The number of hydrogen-bond donors (Lipinski definition) is 10. The number of hydrogen-bond acceptors (Lipinski definition) is 16. The molecule has 2 saturated carbocycles. The number of rotatable bonds is 29. The lowest BCUT2D eigenvalue weighted by atomic mass is 9.95. The zero-order chi connectivity index (χ0) is 69.9. The van der Waals surface area contributed by atoms with Gasteiger partial charge in [-0.05, 0) is 56.2 Å². The van der Waals surface area contributed by atoms with Crippen LogP contribution in [-0.4, -0.2) is 156 Å². The van der Waals surface area contributed by atoms with Gasteiger partial charge in [0.2, 0.25) is 35.2 Å². The Bertz CT molecular complexity index is 4150. The maximum atomic E-state index is 14.1. The third-order valence-corrected chi connectivity index (χ3v) is 15.9. The van der Waals surface area contributed by atoms with Gasteiger partial charge in [0, 0.05) is 136 Å². The summed E-state index contributed by atoms with van der Waals surface area (Å²) in [7, 11) is 7.79. The number of halogens is 3. The summed E-state index contributed by atoms with van der Waals surface area (Å²) in [6.07, 6.45) is 11.9. The van der Waals surface area contributed by atoms with Gasteiger partial charge in [0.25, 0.3) is 41.4 Å². The van der Waals surface area contributed by atoms with E-state index in [1.807, 2.05) is 4.57 Å². The minimum absolute atomic E-state index is 0.00858. The van der Waals surface area contributed by atoms with E-state index in [0.29, 0.717) is 34.5 Å². The fraction of sp³-hybridized carbons (Fsp3) is 0.426. The minimum atomic E-state index is -4.59. The summed E-state index contributed by atoms with van der Waals surface area (Å²) in [6.45, 7) is 0.446. The molecule has 36 heteroatoms. The number of nitrogens with one attached hydrogen (secondary N) is 10. The highest BCUT2D eigenvalue weighted by Gasteiger charge is 2.45. The maximum absolute atomic E-state index is 14.1. The van der Waals surface area contributed by atoms with Crippen LogP contribution in [0.25, 0.3) is 0 Å². The van der Waals surface area contributed by atoms with E-state index in [9.17, 15) is 65.9 Å². The average molecular weight is 1350 g/mol. The van der Waals surface area contributed by atoms with Crippen molar-refractivity contribution in [2.75, 3.05) is 64.7 Å².